The highest BCUT2D eigenvalue weighted by Gasteiger charge is 2.12. The van der Waals surface area contributed by atoms with E-state index < -0.39 is 0 Å². The highest BCUT2D eigenvalue weighted by Crippen LogP contribution is 2.32. The number of fused-ring (bicyclic) bond motifs is 1. The van der Waals surface area contributed by atoms with E-state index >= 15 is 0 Å². The molecule has 0 aromatic heterocycles. The molecule has 15 heavy (non-hydrogen) atoms. The van der Waals surface area contributed by atoms with Gasteiger partial charge in [0, 0.05) is 0 Å². The standard InChI is InChI=1S/C12H12O3/c13-7-3-1-2-4-10-5-6-11-12(8-10)15-9-14-11/h1,3,5-8H,2,4,9H2/b3-1+. The minimum Gasteiger partial charge on any atom is -0.454 e. The zero-order valence-electron chi connectivity index (χ0n) is 8.31. The summed E-state index contributed by atoms with van der Waals surface area (Å²) in [5.41, 5.74) is 1.19. The Morgan fingerprint density at radius 2 is 2.13 bits per heavy atom. The molecule has 0 unspecified atom stereocenters. The zero-order valence-corrected chi connectivity index (χ0v) is 8.31. The second kappa shape index (κ2) is 4.64. The number of hydrogen-bond donors (Lipinski definition) is 0. The van der Waals surface area contributed by atoms with Gasteiger partial charge >= 0.3 is 0 Å². The molecule has 3 heteroatoms. The van der Waals surface area contributed by atoms with Crippen LogP contribution in [-0.2, 0) is 11.2 Å². The van der Waals surface area contributed by atoms with E-state index in [1.54, 1.807) is 0 Å². The number of rotatable bonds is 4. The molecule has 0 spiro atoms. The molecule has 0 bridgehead atoms. The van der Waals surface area contributed by atoms with Gasteiger partial charge in [0.15, 0.2) is 11.5 Å². The van der Waals surface area contributed by atoms with E-state index in [2.05, 4.69) is 0 Å². The lowest BCUT2D eigenvalue weighted by molar-refractivity contribution is -0.104. The Hall–Kier alpha value is -1.77. The summed E-state index contributed by atoms with van der Waals surface area (Å²) < 4.78 is 10.5. The molecule has 3 nitrogen and oxygen atoms in total. The van der Waals surface area contributed by atoms with Crippen molar-refractivity contribution in [2.24, 2.45) is 0 Å². The van der Waals surface area contributed by atoms with Crippen molar-refractivity contribution in [2.75, 3.05) is 6.79 Å². The summed E-state index contributed by atoms with van der Waals surface area (Å²) in [6.45, 7) is 0.309. The lowest BCUT2D eigenvalue weighted by atomic mass is 10.1. The van der Waals surface area contributed by atoms with E-state index in [1.165, 1.54) is 11.6 Å². The Morgan fingerprint density at radius 1 is 1.27 bits per heavy atom. The first-order valence-electron chi connectivity index (χ1n) is 4.89. The minimum atomic E-state index is 0.309. The van der Waals surface area contributed by atoms with Crippen LogP contribution < -0.4 is 9.47 Å². The van der Waals surface area contributed by atoms with Crippen LogP contribution in [0.4, 0.5) is 0 Å². The van der Waals surface area contributed by atoms with E-state index in [0.717, 1.165) is 30.6 Å². The summed E-state index contributed by atoms with van der Waals surface area (Å²) in [5.74, 6) is 1.62. The number of aryl methyl sites for hydroxylation is 1. The maximum absolute atomic E-state index is 10.0. The lowest BCUT2D eigenvalue weighted by Crippen LogP contribution is -1.92. The van der Waals surface area contributed by atoms with Gasteiger partial charge in [0.25, 0.3) is 0 Å². The largest absolute Gasteiger partial charge is 0.454 e. The van der Waals surface area contributed by atoms with Gasteiger partial charge in [-0.25, -0.2) is 0 Å². The molecule has 1 aliphatic heterocycles. The van der Waals surface area contributed by atoms with Crippen molar-refractivity contribution in [1.82, 2.24) is 0 Å². The second-order valence-corrected chi connectivity index (χ2v) is 3.29. The van der Waals surface area contributed by atoms with Crippen molar-refractivity contribution in [3.8, 4) is 11.5 Å². The van der Waals surface area contributed by atoms with Crippen LogP contribution in [0.25, 0.3) is 0 Å². The molecule has 1 heterocycles. The third kappa shape index (κ3) is 2.37. The van der Waals surface area contributed by atoms with Crippen molar-refractivity contribution in [1.29, 1.82) is 0 Å². The molecule has 0 saturated heterocycles. The Labute approximate surface area is 88.3 Å². The molecule has 0 amide bonds. The number of carbonyl (C=O) groups excluding carboxylic acids is 1. The third-order valence-corrected chi connectivity index (χ3v) is 2.25. The molecule has 1 aliphatic rings. The summed E-state index contributed by atoms with van der Waals surface area (Å²) in [6, 6.07) is 5.92. The SMILES string of the molecule is O=C/C=C/CCc1ccc2c(c1)OCO2. The van der Waals surface area contributed by atoms with Gasteiger partial charge in [-0.3, -0.25) is 4.79 Å². The average molecular weight is 204 g/mol. The molecule has 1 aromatic rings. The highest BCUT2D eigenvalue weighted by molar-refractivity contribution is 5.64. The quantitative estimate of drug-likeness (QED) is 0.556. The second-order valence-electron chi connectivity index (χ2n) is 3.29. The molecule has 0 saturated carbocycles. The summed E-state index contributed by atoms with van der Waals surface area (Å²) in [7, 11) is 0. The van der Waals surface area contributed by atoms with Gasteiger partial charge in [-0.1, -0.05) is 12.1 Å². The van der Waals surface area contributed by atoms with E-state index in [9.17, 15) is 4.79 Å². The Morgan fingerprint density at radius 3 is 3.00 bits per heavy atom. The topological polar surface area (TPSA) is 35.5 Å². The molecule has 2 rings (SSSR count). The Bertz CT molecular complexity index is 382. The van der Waals surface area contributed by atoms with Crippen LogP contribution in [0.2, 0.25) is 0 Å². The van der Waals surface area contributed by atoms with Crippen molar-refractivity contribution in [3.05, 3.63) is 35.9 Å². The Balaban J connectivity index is 1.97. The van der Waals surface area contributed by atoms with Crippen molar-refractivity contribution in [3.63, 3.8) is 0 Å². The maximum atomic E-state index is 10.0. The first-order chi connectivity index (χ1) is 7.40. The fourth-order valence-corrected chi connectivity index (χ4v) is 1.50. The molecule has 0 fully saturated rings. The van der Waals surface area contributed by atoms with Crippen LogP contribution >= 0.6 is 0 Å². The van der Waals surface area contributed by atoms with E-state index in [1.807, 2.05) is 24.3 Å². The average Bonchev–Trinajstić information content (AvgIpc) is 2.71. The first kappa shape index (κ1) is 9.77. The highest BCUT2D eigenvalue weighted by atomic mass is 16.7. The third-order valence-electron chi connectivity index (χ3n) is 2.25. The van der Waals surface area contributed by atoms with Crippen LogP contribution in [0.15, 0.2) is 30.4 Å². The van der Waals surface area contributed by atoms with E-state index in [0.29, 0.717) is 6.79 Å². The predicted octanol–water partition coefficient (Wildman–Crippen LogP) is 2.10. The number of ether oxygens (including phenoxy) is 2. The van der Waals surface area contributed by atoms with Gasteiger partial charge < -0.3 is 9.47 Å². The molecule has 0 aliphatic carbocycles. The van der Waals surface area contributed by atoms with Crippen molar-refractivity contribution >= 4 is 6.29 Å². The normalized spacial score (nSPS) is 13.3. The fraction of sp³-hybridized carbons (Fsp3) is 0.250. The van der Waals surface area contributed by atoms with Gasteiger partial charge in [-0.05, 0) is 36.6 Å². The van der Waals surface area contributed by atoms with Crippen LogP contribution in [0.1, 0.15) is 12.0 Å². The summed E-state index contributed by atoms with van der Waals surface area (Å²) in [6.07, 6.45) is 5.93. The molecule has 1 aromatic carbocycles. The van der Waals surface area contributed by atoms with Gasteiger partial charge in [-0.15, -0.1) is 0 Å². The number of allylic oxidation sites excluding steroid dienone is 2. The summed E-state index contributed by atoms with van der Waals surface area (Å²) >= 11 is 0. The van der Waals surface area contributed by atoms with Crippen molar-refractivity contribution < 1.29 is 14.3 Å². The zero-order chi connectivity index (χ0) is 10.5. The Kier molecular flexibility index (Phi) is 3.02. The molecule has 0 radical (unpaired) electrons. The van der Waals surface area contributed by atoms with Crippen LogP contribution in [0.3, 0.4) is 0 Å². The summed E-state index contributed by atoms with van der Waals surface area (Å²) in [5, 5.41) is 0. The summed E-state index contributed by atoms with van der Waals surface area (Å²) in [4.78, 5) is 10.0. The maximum Gasteiger partial charge on any atom is 0.231 e. The van der Waals surface area contributed by atoms with Gasteiger partial charge in [-0.2, -0.15) is 0 Å². The molecular weight excluding hydrogens is 192 g/mol. The first-order valence-corrected chi connectivity index (χ1v) is 4.89. The molecule has 0 atom stereocenters. The van der Waals surface area contributed by atoms with E-state index in [-0.39, 0.29) is 0 Å². The molecule has 78 valence electrons. The lowest BCUT2D eigenvalue weighted by Gasteiger charge is -2.00. The molecule has 0 N–H and O–H groups in total. The fourth-order valence-electron chi connectivity index (χ4n) is 1.50. The number of carbonyl (C=O) groups is 1. The number of benzene rings is 1. The molecular formula is C12H12O3. The van der Waals surface area contributed by atoms with Crippen molar-refractivity contribution in [2.45, 2.75) is 12.8 Å². The van der Waals surface area contributed by atoms with Gasteiger partial charge in [0.1, 0.15) is 6.29 Å². The monoisotopic (exact) mass is 204 g/mol. The van der Waals surface area contributed by atoms with Gasteiger partial charge in [0.2, 0.25) is 6.79 Å². The van der Waals surface area contributed by atoms with Crippen LogP contribution in [0.5, 0.6) is 11.5 Å². The van der Waals surface area contributed by atoms with Crippen LogP contribution in [0, 0.1) is 0 Å². The minimum absolute atomic E-state index is 0.309. The number of hydrogen-bond acceptors (Lipinski definition) is 3. The van der Waals surface area contributed by atoms with E-state index in [4.69, 9.17) is 9.47 Å². The van der Waals surface area contributed by atoms with Gasteiger partial charge in [0.05, 0.1) is 0 Å². The smallest absolute Gasteiger partial charge is 0.231 e. The predicted molar refractivity (Wildman–Crippen MR) is 56.1 cm³/mol. The van der Waals surface area contributed by atoms with Crippen LogP contribution in [-0.4, -0.2) is 13.1 Å². The number of aldehydes is 1.